The van der Waals surface area contributed by atoms with Crippen LogP contribution in [-0.2, 0) is 0 Å². The molecule has 0 amide bonds. The van der Waals surface area contributed by atoms with Gasteiger partial charge in [-0.25, -0.2) is 4.98 Å². The molecule has 4 rings (SSSR count). The largest absolute Gasteiger partial charge is 0.495 e. The molecule has 27 heavy (non-hydrogen) atoms. The maximum absolute atomic E-state index is 6.16. The molecule has 5 nitrogen and oxygen atoms in total. The molecule has 0 radical (unpaired) electrons. The van der Waals surface area contributed by atoms with Crippen LogP contribution in [0.2, 0.25) is 10.0 Å². The van der Waals surface area contributed by atoms with Gasteiger partial charge in [-0.1, -0.05) is 34.5 Å². The first-order valence-electron chi connectivity index (χ1n) is 8.57. The predicted molar refractivity (Wildman–Crippen MR) is 114 cm³/mol. The second-order valence-corrected chi connectivity index (χ2v) is 8.01. The van der Waals surface area contributed by atoms with E-state index in [2.05, 4.69) is 9.80 Å². The summed E-state index contributed by atoms with van der Waals surface area (Å²) < 4.78 is 12.0. The number of hydrogen-bond donors (Lipinski definition) is 0. The van der Waals surface area contributed by atoms with Crippen LogP contribution in [0.4, 0.5) is 10.8 Å². The molecular weight excluding hydrogens is 405 g/mol. The van der Waals surface area contributed by atoms with Crippen LogP contribution in [-0.4, -0.2) is 45.4 Å². The Morgan fingerprint density at radius 1 is 0.889 bits per heavy atom. The van der Waals surface area contributed by atoms with E-state index in [0.717, 1.165) is 58.7 Å². The standard InChI is InChI=1S/C19H19Cl2N3O2S/c1-25-15-5-6-16(26-2)18-17(15)22-19(27-18)24-9-7-23(8-10-24)12-3-4-13(20)14(21)11-12/h3-6,11H,7-10H2,1-2H3. The van der Waals surface area contributed by atoms with Gasteiger partial charge in [-0.2, -0.15) is 0 Å². The lowest BCUT2D eigenvalue weighted by Crippen LogP contribution is -2.46. The van der Waals surface area contributed by atoms with Crippen molar-refractivity contribution in [2.45, 2.75) is 0 Å². The fraction of sp³-hybridized carbons (Fsp3) is 0.316. The number of rotatable bonds is 4. The van der Waals surface area contributed by atoms with Gasteiger partial charge in [0.1, 0.15) is 21.7 Å². The van der Waals surface area contributed by atoms with Gasteiger partial charge in [0.2, 0.25) is 0 Å². The molecule has 1 aromatic heterocycles. The second kappa shape index (κ2) is 7.62. The summed E-state index contributed by atoms with van der Waals surface area (Å²) in [5.41, 5.74) is 1.94. The molecule has 1 saturated heterocycles. The second-order valence-electron chi connectivity index (χ2n) is 6.22. The Morgan fingerprint density at radius 3 is 2.22 bits per heavy atom. The molecule has 142 valence electrons. The summed E-state index contributed by atoms with van der Waals surface area (Å²) in [4.78, 5) is 9.44. The molecule has 2 aromatic carbocycles. The lowest BCUT2D eigenvalue weighted by Gasteiger charge is -2.36. The first-order valence-corrected chi connectivity index (χ1v) is 10.1. The molecule has 0 N–H and O–H groups in total. The lowest BCUT2D eigenvalue weighted by atomic mass is 10.2. The van der Waals surface area contributed by atoms with Crippen molar-refractivity contribution in [3.63, 3.8) is 0 Å². The molecule has 0 atom stereocenters. The maximum atomic E-state index is 6.16. The summed E-state index contributed by atoms with van der Waals surface area (Å²) in [5, 5.41) is 2.15. The first-order chi connectivity index (χ1) is 13.1. The van der Waals surface area contributed by atoms with Crippen LogP contribution in [0.25, 0.3) is 10.2 Å². The van der Waals surface area contributed by atoms with Crippen LogP contribution in [0.5, 0.6) is 11.5 Å². The average molecular weight is 424 g/mol. The molecule has 1 aliphatic heterocycles. The van der Waals surface area contributed by atoms with E-state index in [9.17, 15) is 0 Å². The van der Waals surface area contributed by atoms with Crippen molar-refractivity contribution in [2.75, 3.05) is 50.2 Å². The molecule has 2 heterocycles. The third-order valence-electron chi connectivity index (χ3n) is 4.72. The van der Waals surface area contributed by atoms with Crippen molar-refractivity contribution in [3.8, 4) is 11.5 Å². The Kier molecular flexibility index (Phi) is 5.21. The van der Waals surface area contributed by atoms with E-state index < -0.39 is 0 Å². The number of anilines is 2. The van der Waals surface area contributed by atoms with Gasteiger partial charge in [-0.3, -0.25) is 0 Å². The molecule has 0 unspecified atom stereocenters. The third kappa shape index (κ3) is 3.49. The van der Waals surface area contributed by atoms with Crippen molar-refractivity contribution in [1.29, 1.82) is 0 Å². The summed E-state index contributed by atoms with van der Waals surface area (Å²) in [5.74, 6) is 1.59. The van der Waals surface area contributed by atoms with E-state index in [4.69, 9.17) is 37.7 Å². The summed E-state index contributed by atoms with van der Waals surface area (Å²) in [7, 11) is 3.34. The number of thiazole rings is 1. The lowest BCUT2D eigenvalue weighted by molar-refractivity contribution is 0.410. The van der Waals surface area contributed by atoms with E-state index in [1.165, 1.54) is 0 Å². The normalized spacial score (nSPS) is 14.7. The maximum Gasteiger partial charge on any atom is 0.186 e. The minimum absolute atomic E-state index is 0.580. The number of aromatic nitrogens is 1. The van der Waals surface area contributed by atoms with E-state index >= 15 is 0 Å². The first kappa shape index (κ1) is 18.5. The highest BCUT2D eigenvalue weighted by molar-refractivity contribution is 7.22. The molecular formula is C19H19Cl2N3O2S. The fourth-order valence-corrected chi connectivity index (χ4v) is 4.67. The van der Waals surface area contributed by atoms with Crippen molar-refractivity contribution in [3.05, 3.63) is 40.4 Å². The molecule has 0 bridgehead atoms. The molecule has 0 saturated carbocycles. The van der Waals surface area contributed by atoms with Crippen molar-refractivity contribution in [1.82, 2.24) is 4.98 Å². The number of piperazine rings is 1. The molecule has 1 aliphatic rings. The van der Waals surface area contributed by atoms with Crippen LogP contribution in [0.15, 0.2) is 30.3 Å². The molecule has 1 fully saturated rings. The molecule has 0 spiro atoms. The van der Waals surface area contributed by atoms with Gasteiger partial charge in [0.15, 0.2) is 5.13 Å². The van der Waals surface area contributed by atoms with Crippen LogP contribution in [0, 0.1) is 0 Å². The van der Waals surface area contributed by atoms with Gasteiger partial charge >= 0.3 is 0 Å². The topological polar surface area (TPSA) is 37.8 Å². The number of halogens is 2. The van der Waals surface area contributed by atoms with Crippen LogP contribution in [0.3, 0.4) is 0 Å². The van der Waals surface area contributed by atoms with Gasteiger partial charge in [-0.05, 0) is 30.3 Å². The summed E-state index contributed by atoms with van der Waals surface area (Å²) in [6.07, 6.45) is 0. The van der Waals surface area contributed by atoms with E-state index in [1.54, 1.807) is 25.6 Å². The fourth-order valence-electron chi connectivity index (χ4n) is 3.25. The number of ether oxygens (including phenoxy) is 2. The Morgan fingerprint density at radius 2 is 1.56 bits per heavy atom. The number of fused-ring (bicyclic) bond motifs is 1. The summed E-state index contributed by atoms with van der Waals surface area (Å²) in [6.45, 7) is 3.54. The van der Waals surface area contributed by atoms with Crippen molar-refractivity contribution in [2.24, 2.45) is 0 Å². The highest BCUT2D eigenvalue weighted by atomic mass is 35.5. The van der Waals surface area contributed by atoms with Gasteiger partial charge in [0.05, 0.1) is 24.3 Å². The van der Waals surface area contributed by atoms with E-state index in [0.29, 0.717) is 10.0 Å². The predicted octanol–water partition coefficient (Wildman–Crippen LogP) is 4.95. The van der Waals surface area contributed by atoms with Gasteiger partial charge in [0.25, 0.3) is 0 Å². The Hall–Kier alpha value is -1.89. The third-order valence-corrected chi connectivity index (χ3v) is 6.59. The highest BCUT2D eigenvalue weighted by Gasteiger charge is 2.22. The van der Waals surface area contributed by atoms with Crippen LogP contribution >= 0.6 is 34.5 Å². The monoisotopic (exact) mass is 423 g/mol. The van der Waals surface area contributed by atoms with E-state index in [1.807, 2.05) is 30.3 Å². The zero-order chi connectivity index (χ0) is 19.0. The summed E-state index contributed by atoms with van der Waals surface area (Å²) in [6, 6.07) is 9.60. The highest BCUT2D eigenvalue weighted by Crippen LogP contribution is 2.40. The van der Waals surface area contributed by atoms with Crippen molar-refractivity contribution < 1.29 is 9.47 Å². The van der Waals surface area contributed by atoms with Gasteiger partial charge < -0.3 is 19.3 Å². The number of methoxy groups -OCH3 is 2. The van der Waals surface area contributed by atoms with Crippen molar-refractivity contribution >= 4 is 55.6 Å². The quantitative estimate of drug-likeness (QED) is 0.593. The van der Waals surface area contributed by atoms with Crippen LogP contribution < -0.4 is 19.3 Å². The zero-order valence-electron chi connectivity index (χ0n) is 15.0. The number of nitrogens with zero attached hydrogens (tertiary/aromatic N) is 3. The molecule has 0 aliphatic carbocycles. The Bertz CT molecular complexity index is 930. The smallest absolute Gasteiger partial charge is 0.186 e. The van der Waals surface area contributed by atoms with Gasteiger partial charge in [-0.15, -0.1) is 0 Å². The zero-order valence-corrected chi connectivity index (χ0v) is 17.4. The Balaban J connectivity index is 1.55. The van der Waals surface area contributed by atoms with E-state index in [-0.39, 0.29) is 0 Å². The average Bonchev–Trinajstić information content (AvgIpc) is 3.15. The number of benzene rings is 2. The Labute approximate surface area is 172 Å². The summed E-state index contributed by atoms with van der Waals surface area (Å²) >= 11 is 13.8. The minimum Gasteiger partial charge on any atom is -0.495 e. The minimum atomic E-state index is 0.580. The molecule has 8 heteroatoms. The van der Waals surface area contributed by atoms with Crippen LogP contribution in [0.1, 0.15) is 0 Å². The SMILES string of the molecule is COc1ccc(OC)c2sc(N3CCN(c4ccc(Cl)c(Cl)c4)CC3)nc12. The van der Waals surface area contributed by atoms with Gasteiger partial charge in [0, 0.05) is 31.9 Å². The molecule has 3 aromatic rings. The number of hydrogen-bond acceptors (Lipinski definition) is 6.